The van der Waals surface area contributed by atoms with E-state index in [2.05, 4.69) is 10.6 Å². The Labute approximate surface area is 186 Å². The van der Waals surface area contributed by atoms with E-state index in [1.54, 1.807) is 24.3 Å². The molecule has 10 heteroatoms. The molecule has 2 N–H and O–H groups in total. The van der Waals surface area contributed by atoms with Crippen LogP contribution in [-0.4, -0.2) is 44.7 Å². The Bertz CT molecular complexity index is 1090. The third-order valence-electron chi connectivity index (χ3n) is 4.97. The highest BCUT2D eigenvalue weighted by atomic mass is 35.5. The summed E-state index contributed by atoms with van der Waals surface area (Å²) in [5.74, 6) is -0.595. The molecule has 0 radical (unpaired) electrons. The van der Waals surface area contributed by atoms with Crippen LogP contribution < -0.4 is 15.4 Å². The Morgan fingerprint density at radius 2 is 1.84 bits per heavy atom. The summed E-state index contributed by atoms with van der Waals surface area (Å²) in [7, 11) is -2.35. The lowest BCUT2D eigenvalue weighted by Crippen LogP contribution is -2.43. The predicted molar refractivity (Wildman–Crippen MR) is 119 cm³/mol. The number of hydrogen-bond acceptors (Lipinski definition) is 5. The van der Waals surface area contributed by atoms with Crippen molar-refractivity contribution in [1.29, 1.82) is 0 Å². The fourth-order valence-electron chi connectivity index (χ4n) is 3.45. The van der Waals surface area contributed by atoms with Gasteiger partial charge in [0.1, 0.15) is 5.75 Å². The van der Waals surface area contributed by atoms with Gasteiger partial charge < -0.3 is 15.4 Å². The van der Waals surface area contributed by atoms with E-state index >= 15 is 0 Å². The Kier molecular flexibility index (Phi) is 7.19. The van der Waals surface area contributed by atoms with Gasteiger partial charge in [-0.3, -0.25) is 9.59 Å². The number of benzene rings is 2. The summed E-state index contributed by atoms with van der Waals surface area (Å²) in [6.07, 6.45) is 1.14. The second-order valence-corrected chi connectivity index (χ2v) is 9.59. The lowest BCUT2D eigenvalue weighted by atomic mass is 9.98. The summed E-state index contributed by atoms with van der Waals surface area (Å²) in [5, 5.41) is 5.67. The van der Waals surface area contributed by atoms with Crippen molar-refractivity contribution >= 4 is 44.8 Å². The molecule has 0 aliphatic carbocycles. The average Bonchev–Trinajstić information content (AvgIpc) is 2.73. The van der Waals surface area contributed by atoms with Crippen LogP contribution in [0.15, 0.2) is 47.4 Å². The first-order valence-electron chi connectivity index (χ1n) is 9.73. The molecular weight excluding hydrogens is 442 g/mol. The molecule has 0 aromatic heterocycles. The molecule has 1 saturated heterocycles. The number of halogens is 1. The Hall–Kier alpha value is -2.62. The number of anilines is 2. The zero-order valence-electron chi connectivity index (χ0n) is 17.2. The molecule has 0 spiro atoms. The maximum absolute atomic E-state index is 13.1. The molecule has 0 bridgehead atoms. The third-order valence-corrected chi connectivity index (χ3v) is 7.12. The van der Waals surface area contributed by atoms with E-state index in [-0.39, 0.29) is 28.3 Å². The van der Waals surface area contributed by atoms with Crippen LogP contribution in [0.4, 0.5) is 11.4 Å². The summed E-state index contributed by atoms with van der Waals surface area (Å²) in [5.41, 5.74) is 1.09. The fourth-order valence-corrected chi connectivity index (χ4v) is 5.33. The molecule has 3 rings (SSSR count). The monoisotopic (exact) mass is 465 g/mol. The van der Waals surface area contributed by atoms with E-state index in [1.165, 1.54) is 36.5 Å². The van der Waals surface area contributed by atoms with Crippen LogP contribution in [-0.2, 0) is 19.6 Å². The first-order valence-corrected chi connectivity index (χ1v) is 11.5. The van der Waals surface area contributed by atoms with Gasteiger partial charge in [-0.05, 0) is 49.2 Å². The van der Waals surface area contributed by atoms with Crippen LogP contribution in [0, 0.1) is 5.92 Å². The first-order chi connectivity index (χ1) is 14.7. The minimum atomic E-state index is -3.80. The van der Waals surface area contributed by atoms with Crippen molar-refractivity contribution in [3.63, 3.8) is 0 Å². The molecule has 2 aromatic rings. The van der Waals surface area contributed by atoms with Crippen LogP contribution in [0.2, 0.25) is 5.02 Å². The number of ether oxygens (including phenoxy) is 1. The molecule has 1 atom stereocenters. The van der Waals surface area contributed by atoms with Gasteiger partial charge in [-0.15, -0.1) is 0 Å². The van der Waals surface area contributed by atoms with Crippen LogP contribution in [0.3, 0.4) is 0 Å². The zero-order valence-corrected chi connectivity index (χ0v) is 18.8. The first kappa shape index (κ1) is 23.1. The van der Waals surface area contributed by atoms with Crippen molar-refractivity contribution in [2.45, 2.75) is 24.7 Å². The molecule has 1 aliphatic rings. The average molecular weight is 466 g/mol. The van der Waals surface area contributed by atoms with E-state index in [0.29, 0.717) is 36.5 Å². The second-order valence-electron chi connectivity index (χ2n) is 7.25. The molecule has 2 amide bonds. The number of hydrogen-bond donors (Lipinski definition) is 2. The largest absolute Gasteiger partial charge is 0.495 e. The lowest BCUT2D eigenvalue weighted by molar-refractivity contribution is -0.121. The van der Waals surface area contributed by atoms with Crippen LogP contribution in [0.25, 0.3) is 0 Å². The van der Waals surface area contributed by atoms with Gasteiger partial charge in [0, 0.05) is 31.4 Å². The Morgan fingerprint density at radius 3 is 2.48 bits per heavy atom. The number of rotatable bonds is 6. The normalized spacial score (nSPS) is 17.1. The van der Waals surface area contributed by atoms with Crippen molar-refractivity contribution in [3.8, 4) is 5.75 Å². The summed E-state index contributed by atoms with van der Waals surface area (Å²) in [6.45, 7) is 1.80. The van der Waals surface area contributed by atoms with E-state index < -0.39 is 15.9 Å². The number of piperidine rings is 1. The number of nitrogens with one attached hydrogen (secondary N) is 2. The van der Waals surface area contributed by atoms with E-state index in [1.807, 2.05) is 0 Å². The summed E-state index contributed by atoms with van der Waals surface area (Å²) in [6, 6.07) is 11.1. The maximum Gasteiger partial charge on any atom is 0.243 e. The van der Waals surface area contributed by atoms with Crippen molar-refractivity contribution in [2.75, 3.05) is 30.8 Å². The van der Waals surface area contributed by atoms with Crippen molar-refractivity contribution in [1.82, 2.24) is 4.31 Å². The van der Waals surface area contributed by atoms with E-state index in [0.717, 1.165) is 0 Å². The lowest BCUT2D eigenvalue weighted by Gasteiger charge is -2.31. The van der Waals surface area contributed by atoms with E-state index in [4.69, 9.17) is 16.3 Å². The molecule has 1 fully saturated rings. The fraction of sp³-hybridized carbons (Fsp3) is 0.333. The number of carbonyl (C=O) groups is 2. The summed E-state index contributed by atoms with van der Waals surface area (Å²) < 4.78 is 32.5. The minimum Gasteiger partial charge on any atom is -0.495 e. The van der Waals surface area contributed by atoms with Crippen LogP contribution >= 0.6 is 11.6 Å². The molecule has 2 aromatic carbocycles. The van der Waals surface area contributed by atoms with Crippen molar-refractivity contribution in [2.24, 2.45) is 5.92 Å². The minimum absolute atomic E-state index is 0.0577. The van der Waals surface area contributed by atoms with E-state index in [9.17, 15) is 18.0 Å². The molecular formula is C21H24ClN3O5S. The van der Waals surface area contributed by atoms with Gasteiger partial charge in [0.2, 0.25) is 21.8 Å². The zero-order chi connectivity index (χ0) is 22.6. The van der Waals surface area contributed by atoms with Crippen molar-refractivity contribution < 1.29 is 22.7 Å². The van der Waals surface area contributed by atoms with Crippen LogP contribution in [0.1, 0.15) is 19.8 Å². The number of sulfonamides is 1. The quantitative estimate of drug-likeness (QED) is 0.680. The molecule has 0 saturated carbocycles. The smallest absolute Gasteiger partial charge is 0.243 e. The Balaban J connectivity index is 1.72. The highest BCUT2D eigenvalue weighted by molar-refractivity contribution is 7.89. The molecule has 1 aliphatic heterocycles. The Morgan fingerprint density at radius 1 is 1.13 bits per heavy atom. The highest BCUT2D eigenvalue weighted by Gasteiger charge is 2.33. The molecule has 31 heavy (non-hydrogen) atoms. The van der Waals surface area contributed by atoms with Crippen LogP contribution in [0.5, 0.6) is 5.75 Å². The van der Waals surface area contributed by atoms with Gasteiger partial charge in [0.15, 0.2) is 0 Å². The summed E-state index contributed by atoms with van der Waals surface area (Å²) in [4.78, 5) is 24.1. The third kappa shape index (κ3) is 5.55. The predicted octanol–water partition coefficient (Wildman–Crippen LogP) is 3.35. The molecule has 0 unspecified atom stereocenters. The number of methoxy groups -OCH3 is 1. The summed E-state index contributed by atoms with van der Waals surface area (Å²) >= 11 is 6.09. The van der Waals surface area contributed by atoms with Crippen molar-refractivity contribution in [3.05, 3.63) is 47.5 Å². The number of carbonyl (C=O) groups excluding carboxylic acids is 2. The molecule has 8 nitrogen and oxygen atoms in total. The van der Waals surface area contributed by atoms with Gasteiger partial charge >= 0.3 is 0 Å². The number of amides is 2. The van der Waals surface area contributed by atoms with Gasteiger partial charge in [-0.25, -0.2) is 8.42 Å². The molecule has 166 valence electrons. The van der Waals surface area contributed by atoms with Gasteiger partial charge in [-0.2, -0.15) is 4.31 Å². The SMILES string of the molecule is COc1ccc(S(=O)(=O)N2CCC[C@@H](C(=O)Nc3cccc(NC(C)=O)c3)C2)cc1Cl. The second kappa shape index (κ2) is 9.67. The van der Waals surface area contributed by atoms with Gasteiger partial charge in [0.05, 0.1) is 22.9 Å². The highest BCUT2D eigenvalue weighted by Crippen LogP contribution is 2.30. The topological polar surface area (TPSA) is 105 Å². The van der Waals surface area contributed by atoms with Gasteiger partial charge in [-0.1, -0.05) is 17.7 Å². The standard InChI is InChI=1S/C21H24ClN3O5S/c1-14(26)23-16-6-3-7-17(11-16)24-21(27)15-5-4-10-25(13-15)31(28,29)18-8-9-20(30-2)19(22)12-18/h3,6-9,11-12,15H,4-5,10,13H2,1-2H3,(H,23,26)(H,24,27)/t15-/m1/s1. The van der Waals surface area contributed by atoms with Gasteiger partial charge in [0.25, 0.3) is 0 Å². The molecule has 1 heterocycles. The number of nitrogens with zero attached hydrogens (tertiary/aromatic N) is 1. The maximum atomic E-state index is 13.1.